The minimum Gasteiger partial charge on any atom is -0.442 e. The molecule has 0 aromatic heterocycles. The molecule has 1 aromatic rings. The molecule has 1 heterocycles. The second kappa shape index (κ2) is 8.60. The number of alkyl halides is 3. The lowest BCUT2D eigenvalue weighted by Gasteiger charge is -2.29. The van der Waals surface area contributed by atoms with Crippen LogP contribution in [0.2, 0.25) is 0 Å². The van der Waals surface area contributed by atoms with Crippen LogP contribution in [0.4, 0.5) is 28.0 Å². The molecule has 5 nitrogen and oxygen atoms in total. The molecular formula is C18H20F4N2O3S. The third-order valence-electron chi connectivity index (χ3n) is 5.05. The normalized spacial score (nSPS) is 27.8. The van der Waals surface area contributed by atoms with Gasteiger partial charge in [-0.25, -0.2) is 22.4 Å². The second-order valence-corrected chi connectivity index (χ2v) is 7.40. The lowest BCUT2D eigenvalue weighted by Crippen LogP contribution is -2.36. The van der Waals surface area contributed by atoms with Gasteiger partial charge in [-0.2, -0.15) is 0 Å². The standard InChI is InChI=1S/C18H20F4N2O3S/c19-13-6-10(2-3-12(13)9-1-4-15(25)14(20)5-9)24-8-11(27-18(24)26)7-23-17(28)16(21)22/h2-3,6,9,11,14-16,25H,1,4-5,7-8H2,(H,23,28)/t9?,11-,14?,15?/m0/s1. The number of aliphatic hydroxyl groups excluding tert-OH is 1. The van der Waals surface area contributed by atoms with E-state index in [0.717, 1.165) is 0 Å². The first kappa shape index (κ1) is 20.8. The van der Waals surface area contributed by atoms with E-state index in [9.17, 15) is 27.5 Å². The molecule has 1 aromatic carbocycles. The SMILES string of the molecule is O=C1O[C@@H](CNC(=S)C(F)F)CN1c1ccc(C2CCC(O)C(F)C2)c(F)c1. The van der Waals surface area contributed by atoms with E-state index in [-0.39, 0.29) is 37.5 Å². The maximum absolute atomic E-state index is 14.6. The highest BCUT2D eigenvalue weighted by atomic mass is 32.1. The number of aliphatic hydroxyl groups is 1. The van der Waals surface area contributed by atoms with Crippen molar-refractivity contribution in [1.82, 2.24) is 5.32 Å². The van der Waals surface area contributed by atoms with E-state index >= 15 is 0 Å². The Labute approximate surface area is 164 Å². The first-order chi connectivity index (χ1) is 13.3. The summed E-state index contributed by atoms with van der Waals surface area (Å²) in [4.78, 5) is 12.6. The summed E-state index contributed by atoms with van der Waals surface area (Å²) < 4.78 is 58.2. The van der Waals surface area contributed by atoms with Gasteiger partial charge in [0.25, 0.3) is 6.43 Å². The van der Waals surface area contributed by atoms with Crippen molar-refractivity contribution in [2.75, 3.05) is 18.0 Å². The van der Waals surface area contributed by atoms with Crippen molar-refractivity contribution in [3.8, 4) is 0 Å². The fourth-order valence-corrected chi connectivity index (χ4v) is 3.61. The molecule has 10 heteroatoms. The van der Waals surface area contributed by atoms with Crippen LogP contribution in [-0.2, 0) is 4.74 Å². The number of nitrogens with one attached hydrogen (secondary N) is 1. The maximum Gasteiger partial charge on any atom is 0.414 e. The molecule has 0 bridgehead atoms. The Bertz CT molecular complexity index is 752. The summed E-state index contributed by atoms with van der Waals surface area (Å²) in [5.41, 5.74) is 0.601. The largest absolute Gasteiger partial charge is 0.442 e. The zero-order valence-electron chi connectivity index (χ0n) is 14.8. The van der Waals surface area contributed by atoms with E-state index in [1.807, 2.05) is 0 Å². The molecule has 1 saturated carbocycles. The predicted octanol–water partition coefficient (Wildman–Crippen LogP) is 3.30. The summed E-state index contributed by atoms with van der Waals surface area (Å²) in [6.45, 7) is -0.0209. The lowest BCUT2D eigenvalue weighted by atomic mass is 9.81. The monoisotopic (exact) mass is 420 g/mol. The summed E-state index contributed by atoms with van der Waals surface area (Å²) in [5.74, 6) is -0.912. The van der Waals surface area contributed by atoms with E-state index in [1.54, 1.807) is 0 Å². The van der Waals surface area contributed by atoms with Crippen molar-refractivity contribution in [2.45, 2.75) is 50.0 Å². The molecule has 154 valence electrons. The van der Waals surface area contributed by atoms with Crippen LogP contribution in [0, 0.1) is 5.82 Å². The molecule has 2 fully saturated rings. The van der Waals surface area contributed by atoms with Gasteiger partial charge in [0.05, 0.1) is 24.9 Å². The van der Waals surface area contributed by atoms with Crippen molar-refractivity contribution in [1.29, 1.82) is 0 Å². The molecule has 1 aliphatic carbocycles. The highest BCUT2D eigenvalue weighted by Gasteiger charge is 2.34. The molecule has 1 amide bonds. The van der Waals surface area contributed by atoms with E-state index < -0.39 is 41.7 Å². The van der Waals surface area contributed by atoms with Crippen LogP contribution >= 0.6 is 12.2 Å². The number of hydrogen-bond donors (Lipinski definition) is 2. The Kier molecular flexibility index (Phi) is 6.39. The average Bonchev–Trinajstić information content (AvgIpc) is 3.02. The minimum absolute atomic E-state index is 0.0426. The number of benzene rings is 1. The molecule has 28 heavy (non-hydrogen) atoms. The number of hydrogen-bond acceptors (Lipinski definition) is 4. The molecular weight excluding hydrogens is 400 g/mol. The summed E-state index contributed by atoms with van der Waals surface area (Å²) in [7, 11) is 0. The van der Waals surface area contributed by atoms with E-state index in [4.69, 9.17) is 4.74 Å². The van der Waals surface area contributed by atoms with Crippen molar-refractivity contribution in [3.63, 3.8) is 0 Å². The van der Waals surface area contributed by atoms with Crippen molar-refractivity contribution >= 4 is 29.0 Å². The van der Waals surface area contributed by atoms with Gasteiger partial charge in [-0.05, 0) is 42.9 Å². The van der Waals surface area contributed by atoms with Gasteiger partial charge in [-0.15, -0.1) is 0 Å². The topological polar surface area (TPSA) is 61.8 Å². The molecule has 4 atom stereocenters. The number of rotatable bonds is 5. The Balaban J connectivity index is 1.65. The van der Waals surface area contributed by atoms with Crippen LogP contribution < -0.4 is 10.2 Å². The van der Waals surface area contributed by atoms with Crippen LogP contribution in [-0.4, -0.2) is 54.1 Å². The molecule has 2 N–H and O–H groups in total. The van der Waals surface area contributed by atoms with Crippen LogP contribution in [0.25, 0.3) is 0 Å². The van der Waals surface area contributed by atoms with Crippen molar-refractivity contribution < 1.29 is 32.2 Å². The first-order valence-electron chi connectivity index (χ1n) is 8.92. The Hall–Kier alpha value is -1.94. The van der Waals surface area contributed by atoms with Gasteiger partial charge in [0, 0.05) is 0 Å². The fourth-order valence-electron chi connectivity index (χ4n) is 3.53. The highest BCUT2D eigenvalue weighted by Crippen LogP contribution is 2.37. The van der Waals surface area contributed by atoms with E-state index in [1.165, 1.54) is 23.1 Å². The number of cyclic esters (lactones) is 1. The lowest BCUT2D eigenvalue weighted by molar-refractivity contribution is 0.0364. The molecule has 0 spiro atoms. The molecule has 0 radical (unpaired) electrons. The quantitative estimate of drug-likeness (QED) is 0.566. The number of halogens is 4. The third-order valence-corrected chi connectivity index (χ3v) is 5.37. The van der Waals surface area contributed by atoms with Crippen molar-refractivity contribution in [2.24, 2.45) is 0 Å². The molecule has 1 saturated heterocycles. The number of thiocarbonyl (C=S) groups is 1. The molecule has 3 rings (SSSR count). The van der Waals surface area contributed by atoms with Gasteiger partial charge < -0.3 is 15.2 Å². The molecule has 1 aliphatic heterocycles. The Morgan fingerprint density at radius 1 is 1.39 bits per heavy atom. The van der Waals surface area contributed by atoms with Crippen LogP contribution in [0.15, 0.2) is 18.2 Å². The van der Waals surface area contributed by atoms with Gasteiger partial charge in [-0.1, -0.05) is 18.3 Å². The van der Waals surface area contributed by atoms with E-state index in [2.05, 4.69) is 17.5 Å². The predicted molar refractivity (Wildman–Crippen MR) is 98.1 cm³/mol. The van der Waals surface area contributed by atoms with Gasteiger partial charge in [0.1, 0.15) is 23.1 Å². The maximum atomic E-state index is 14.6. The first-order valence-corrected chi connectivity index (χ1v) is 9.32. The minimum atomic E-state index is -2.80. The molecule has 2 aliphatic rings. The molecule has 3 unspecified atom stereocenters. The highest BCUT2D eigenvalue weighted by molar-refractivity contribution is 7.80. The number of ether oxygens (including phenoxy) is 1. The van der Waals surface area contributed by atoms with Gasteiger partial charge >= 0.3 is 6.09 Å². The van der Waals surface area contributed by atoms with Gasteiger partial charge in [0.2, 0.25) is 0 Å². The summed E-state index contributed by atoms with van der Waals surface area (Å²) >= 11 is 4.47. The third kappa shape index (κ3) is 4.54. The number of amides is 1. The number of carbonyl (C=O) groups is 1. The summed E-state index contributed by atoms with van der Waals surface area (Å²) in [6.07, 6.45) is -5.84. The Morgan fingerprint density at radius 2 is 2.14 bits per heavy atom. The summed E-state index contributed by atoms with van der Waals surface area (Å²) in [6, 6.07) is 4.22. The van der Waals surface area contributed by atoms with Crippen LogP contribution in [0.5, 0.6) is 0 Å². The number of nitrogens with zero attached hydrogens (tertiary/aromatic N) is 1. The average molecular weight is 420 g/mol. The number of carbonyl (C=O) groups excluding carboxylic acids is 1. The van der Waals surface area contributed by atoms with Crippen LogP contribution in [0.1, 0.15) is 30.7 Å². The number of anilines is 1. The van der Waals surface area contributed by atoms with Gasteiger partial charge in [-0.3, -0.25) is 4.90 Å². The zero-order valence-corrected chi connectivity index (χ0v) is 15.6. The fraction of sp³-hybridized carbons (Fsp3) is 0.556. The second-order valence-electron chi connectivity index (χ2n) is 6.96. The summed E-state index contributed by atoms with van der Waals surface area (Å²) in [5, 5.41) is 11.8. The van der Waals surface area contributed by atoms with Crippen molar-refractivity contribution in [3.05, 3.63) is 29.6 Å². The van der Waals surface area contributed by atoms with Gasteiger partial charge in [0.15, 0.2) is 0 Å². The Morgan fingerprint density at radius 3 is 2.79 bits per heavy atom. The van der Waals surface area contributed by atoms with Crippen LogP contribution in [0.3, 0.4) is 0 Å². The smallest absolute Gasteiger partial charge is 0.414 e. The van der Waals surface area contributed by atoms with E-state index in [0.29, 0.717) is 12.0 Å². The zero-order chi connectivity index (χ0) is 20.4.